The van der Waals surface area contributed by atoms with Crippen LogP contribution in [0.2, 0.25) is 0 Å². The number of non-ortho nitro benzene ring substituents is 1. The second-order valence-electron chi connectivity index (χ2n) is 5.09. The monoisotopic (exact) mass is 468 g/mol. The average molecular weight is 470 g/mol. The second kappa shape index (κ2) is 8.26. The minimum absolute atomic E-state index is 0.0810. The van der Waals surface area contributed by atoms with Crippen molar-refractivity contribution >= 4 is 55.2 Å². The number of nitrogens with zero attached hydrogens (tertiary/aromatic N) is 1. The summed E-state index contributed by atoms with van der Waals surface area (Å²) in [7, 11) is 1.54. The molecule has 0 aromatic heterocycles. The van der Waals surface area contributed by atoms with Crippen LogP contribution in [0.1, 0.15) is 11.1 Å². The van der Waals surface area contributed by atoms with Crippen LogP contribution in [0.15, 0.2) is 45.4 Å². The van der Waals surface area contributed by atoms with E-state index in [9.17, 15) is 14.9 Å². The third kappa shape index (κ3) is 4.90. The summed E-state index contributed by atoms with van der Waals surface area (Å²) >= 11 is 6.78. The van der Waals surface area contributed by atoms with Crippen molar-refractivity contribution in [1.82, 2.24) is 0 Å². The molecular weight excluding hydrogens is 456 g/mol. The molecule has 0 bridgehead atoms. The Morgan fingerprint density at radius 2 is 2.00 bits per heavy atom. The van der Waals surface area contributed by atoms with Gasteiger partial charge in [-0.15, -0.1) is 0 Å². The smallest absolute Gasteiger partial charge is 0.271 e. The Morgan fingerprint density at radius 3 is 2.64 bits per heavy atom. The van der Waals surface area contributed by atoms with Crippen LogP contribution < -0.4 is 10.1 Å². The number of nitro benzene ring substituents is 1. The minimum atomic E-state index is -0.505. The van der Waals surface area contributed by atoms with Gasteiger partial charge in [-0.3, -0.25) is 14.9 Å². The van der Waals surface area contributed by atoms with E-state index in [4.69, 9.17) is 4.74 Å². The van der Waals surface area contributed by atoms with Crippen LogP contribution in [0.25, 0.3) is 6.08 Å². The zero-order chi connectivity index (χ0) is 18.6. The van der Waals surface area contributed by atoms with E-state index >= 15 is 0 Å². The SMILES string of the molecule is COc1c(Br)cc(Br)cc1/C=C/C(=O)Nc1cc([N+](=O)[O-])ccc1C. The first-order chi connectivity index (χ1) is 11.8. The Labute approximate surface area is 161 Å². The highest BCUT2D eigenvalue weighted by Gasteiger charge is 2.11. The van der Waals surface area contributed by atoms with Gasteiger partial charge in [0.1, 0.15) is 5.75 Å². The van der Waals surface area contributed by atoms with E-state index in [0.717, 1.165) is 14.5 Å². The lowest BCUT2D eigenvalue weighted by molar-refractivity contribution is -0.384. The van der Waals surface area contributed by atoms with Crippen molar-refractivity contribution in [2.45, 2.75) is 6.92 Å². The zero-order valence-electron chi connectivity index (χ0n) is 13.4. The number of benzene rings is 2. The van der Waals surface area contributed by atoms with Crippen molar-refractivity contribution in [3.63, 3.8) is 0 Å². The summed E-state index contributed by atoms with van der Waals surface area (Å²) in [5.41, 5.74) is 1.75. The first kappa shape index (κ1) is 19.1. The summed E-state index contributed by atoms with van der Waals surface area (Å²) in [5.74, 6) is 0.195. The van der Waals surface area contributed by atoms with Crippen LogP contribution in [0.4, 0.5) is 11.4 Å². The summed E-state index contributed by atoms with van der Waals surface area (Å²) in [6.45, 7) is 1.76. The van der Waals surface area contributed by atoms with E-state index in [2.05, 4.69) is 37.2 Å². The van der Waals surface area contributed by atoms with Crippen LogP contribution in [0, 0.1) is 17.0 Å². The highest BCUT2D eigenvalue weighted by Crippen LogP contribution is 2.33. The predicted octanol–water partition coefficient (Wildman–Crippen LogP) is 5.09. The number of hydrogen-bond acceptors (Lipinski definition) is 4. The third-order valence-electron chi connectivity index (χ3n) is 3.35. The molecule has 2 aromatic rings. The Bertz CT molecular complexity index is 866. The number of amides is 1. The zero-order valence-corrected chi connectivity index (χ0v) is 16.5. The number of carbonyl (C=O) groups is 1. The first-order valence-electron chi connectivity index (χ1n) is 7.09. The van der Waals surface area contributed by atoms with Gasteiger partial charge in [0.15, 0.2) is 0 Å². The van der Waals surface area contributed by atoms with Crippen molar-refractivity contribution in [3.8, 4) is 5.75 Å². The average Bonchev–Trinajstić information content (AvgIpc) is 2.54. The van der Waals surface area contributed by atoms with Crippen LogP contribution >= 0.6 is 31.9 Å². The minimum Gasteiger partial charge on any atom is -0.495 e. The van der Waals surface area contributed by atoms with Gasteiger partial charge in [0.25, 0.3) is 5.69 Å². The van der Waals surface area contributed by atoms with Gasteiger partial charge >= 0.3 is 0 Å². The maximum atomic E-state index is 12.2. The first-order valence-corrected chi connectivity index (χ1v) is 8.67. The van der Waals surface area contributed by atoms with Gasteiger partial charge in [-0.25, -0.2) is 0 Å². The third-order valence-corrected chi connectivity index (χ3v) is 4.39. The summed E-state index contributed by atoms with van der Waals surface area (Å²) in [5, 5.41) is 13.5. The standard InChI is InChI=1S/C17H14Br2N2O4/c1-10-3-5-13(21(23)24)9-15(10)20-16(22)6-4-11-7-12(18)8-14(19)17(11)25-2/h3-9H,1-2H3,(H,20,22)/b6-4+. The molecule has 0 heterocycles. The van der Waals surface area contributed by atoms with E-state index in [1.165, 1.54) is 25.3 Å². The molecule has 0 saturated heterocycles. The van der Waals surface area contributed by atoms with Gasteiger partial charge < -0.3 is 10.1 Å². The maximum Gasteiger partial charge on any atom is 0.271 e. The van der Waals surface area contributed by atoms with E-state index in [1.54, 1.807) is 19.1 Å². The number of nitro groups is 1. The van der Waals surface area contributed by atoms with Crippen molar-refractivity contribution in [2.24, 2.45) is 0 Å². The molecule has 6 nitrogen and oxygen atoms in total. The lowest BCUT2D eigenvalue weighted by atomic mass is 10.1. The molecule has 130 valence electrons. The van der Waals surface area contributed by atoms with Crippen LogP contribution in [0.3, 0.4) is 0 Å². The molecular formula is C17H14Br2N2O4. The fraction of sp³-hybridized carbons (Fsp3) is 0.118. The van der Waals surface area contributed by atoms with Crippen molar-refractivity contribution in [2.75, 3.05) is 12.4 Å². The largest absolute Gasteiger partial charge is 0.495 e. The number of ether oxygens (including phenoxy) is 1. The predicted molar refractivity (Wildman–Crippen MR) is 104 cm³/mol. The molecule has 1 amide bonds. The molecule has 0 unspecified atom stereocenters. The number of carbonyl (C=O) groups excluding carboxylic acids is 1. The van der Waals surface area contributed by atoms with Gasteiger partial charge in [0.2, 0.25) is 5.91 Å². The normalized spacial score (nSPS) is 10.7. The fourth-order valence-electron chi connectivity index (χ4n) is 2.12. The van der Waals surface area contributed by atoms with Gasteiger partial charge in [-0.05, 0) is 46.6 Å². The summed E-state index contributed by atoms with van der Waals surface area (Å²) in [6, 6.07) is 7.96. The molecule has 0 aliphatic rings. The number of methoxy groups -OCH3 is 1. The van der Waals surface area contributed by atoms with E-state index in [1.807, 2.05) is 12.1 Å². The molecule has 0 spiro atoms. The lowest BCUT2D eigenvalue weighted by Gasteiger charge is -2.09. The van der Waals surface area contributed by atoms with Crippen LogP contribution in [0.5, 0.6) is 5.75 Å². The quantitative estimate of drug-likeness (QED) is 0.375. The molecule has 0 radical (unpaired) electrons. The number of aryl methyl sites for hydroxylation is 1. The fourth-order valence-corrected chi connectivity index (χ4v) is 3.54. The number of nitrogens with one attached hydrogen (secondary N) is 1. The Hall–Kier alpha value is -2.19. The second-order valence-corrected chi connectivity index (χ2v) is 6.86. The van der Waals surface area contributed by atoms with Gasteiger partial charge in [-0.2, -0.15) is 0 Å². The number of hydrogen-bond donors (Lipinski definition) is 1. The Kier molecular flexibility index (Phi) is 6.33. The topological polar surface area (TPSA) is 81.5 Å². The molecule has 0 aliphatic heterocycles. The van der Waals surface area contributed by atoms with Crippen LogP contribution in [-0.2, 0) is 4.79 Å². The molecule has 2 rings (SSSR count). The Morgan fingerprint density at radius 1 is 1.28 bits per heavy atom. The molecule has 1 N–H and O–H groups in total. The number of halogens is 2. The van der Waals surface area contributed by atoms with E-state index < -0.39 is 10.8 Å². The molecule has 2 aromatic carbocycles. The summed E-state index contributed by atoms with van der Waals surface area (Å²) in [4.78, 5) is 22.5. The molecule has 0 aliphatic carbocycles. The Balaban J connectivity index is 2.22. The van der Waals surface area contributed by atoms with Crippen molar-refractivity contribution in [1.29, 1.82) is 0 Å². The van der Waals surface area contributed by atoms with E-state index in [0.29, 0.717) is 17.0 Å². The van der Waals surface area contributed by atoms with Gasteiger partial charge in [0, 0.05) is 28.2 Å². The molecule has 0 atom stereocenters. The van der Waals surface area contributed by atoms with E-state index in [-0.39, 0.29) is 5.69 Å². The molecule has 0 saturated carbocycles. The summed E-state index contributed by atoms with van der Waals surface area (Å²) < 4.78 is 6.89. The number of anilines is 1. The van der Waals surface area contributed by atoms with Crippen molar-refractivity contribution in [3.05, 3.63) is 66.6 Å². The van der Waals surface area contributed by atoms with Crippen LogP contribution in [-0.4, -0.2) is 17.9 Å². The lowest BCUT2D eigenvalue weighted by Crippen LogP contribution is -2.09. The highest BCUT2D eigenvalue weighted by atomic mass is 79.9. The number of rotatable bonds is 5. The molecule has 8 heteroatoms. The highest BCUT2D eigenvalue weighted by molar-refractivity contribution is 9.11. The summed E-state index contributed by atoms with van der Waals surface area (Å²) in [6.07, 6.45) is 2.95. The molecule has 25 heavy (non-hydrogen) atoms. The van der Waals surface area contributed by atoms with Gasteiger partial charge in [-0.1, -0.05) is 22.0 Å². The van der Waals surface area contributed by atoms with Gasteiger partial charge in [0.05, 0.1) is 22.2 Å². The maximum absolute atomic E-state index is 12.2. The molecule has 0 fully saturated rings. The van der Waals surface area contributed by atoms with Crippen molar-refractivity contribution < 1.29 is 14.5 Å².